The number of hydrogen-bond donors (Lipinski definition) is 2. The number of hydrogen-bond acceptors (Lipinski definition) is 6. The van der Waals surface area contributed by atoms with Crippen molar-refractivity contribution in [1.82, 2.24) is 20.2 Å². The third-order valence-electron chi connectivity index (χ3n) is 1.72. The van der Waals surface area contributed by atoms with Gasteiger partial charge in [-0.25, -0.2) is 9.71 Å². The van der Waals surface area contributed by atoms with Crippen LogP contribution in [0.25, 0.3) is 0 Å². The molecule has 0 radical (unpaired) electrons. The molecule has 16 heavy (non-hydrogen) atoms. The molecule has 2 rings (SSSR count). The summed E-state index contributed by atoms with van der Waals surface area (Å²) in [5.41, 5.74) is 0. The van der Waals surface area contributed by atoms with Crippen molar-refractivity contribution in [1.29, 1.82) is 0 Å². The second kappa shape index (κ2) is 3.59. The summed E-state index contributed by atoms with van der Waals surface area (Å²) in [6, 6.07) is -0.176. The van der Waals surface area contributed by atoms with E-state index in [9.17, 15) is 8.42 Å². The molecule has 0 atom stereocenters. The average molecular weight is 243 g/mol. The van der Waals surface area contributed by atoms with E-state index in [1.54, 1.807) is 13.8 Å². The minimum atomic E-state index is -3.74. The lowest BCUT2D eigenvalue weighted by molar-refractivity contribution is 0.534. The molecular weight excluding hydrogens is 234 g/mol. The lowest BCUT2D eigenvalue weighted by Crippen LogP contribution is -2.13. The van der Waals surface area contributed by atoms with Gasteiger partial charge in [0.25, 0.3) is 10.0 Å². The van der Waals surface area contributed by atoms with Crippen molar-refractivity contribution < 1.29 is 12.8 Å². The summed E-state index contributed by atoms with van der Waals surface area (Å²) < 4.78 is 30.5. The Hall–Kier alpha value is -1.90. The van der Waals surface area contributed by atoms with Crippen LogP contribution in [0.2, 0.25) is 0 Å². The molecule has 0 spiro atoms. The maximum atomic E-state index is 11.7. The van der Waals surface area contributed by atoms with Gasteiger partial charge in [0.15, 0.2) is 5.03 Å². The summed E-state index contributed by atoms with van der Waals surface area (Å²) in [6.45, 7) is 3.21. The smallest absolute Gasteiger partial charge is 0.329 e. The highest BCUT2D eigenvalue weighted by atomic mass is 32.2. The van der Waals surface area contributed by atoms with Crippen molar-refractivity contribution in [3.8, 4) is 0 Å². The first-order chi connectivity index (χ1) is 7.47. The number of aromatic amines is 1. The van der Waals surface area contributed by atoms with Gasteiger partial charge < -0.3 is 9.40 Å². The molecule has 0 unspecified atom stereocenters. The number of imidazole rings is 1. The molecule has 2 aromatic heterocycles. The number of nitrogens with zero attached hydrogens (tertiary/aromatic N) is 3. The Morgan fingerprint density at radius 1 is 1.38 bits per heavy atom. The van der Waals surface area contributed by atoms with E-state index < -0.39 is 10.0 Å². The Balaban J connectivity index is 2.27. The first kappa shape index (κ1) is 10.6. The standard InChI is InChI=1S/C7H9N5O3S/c1-4-8-3-6(9-4)16(13,14)12-7-11-10-5(2)15-7/h3H,1-2H3,(H,8,9)(H,11,12). The van der Waals surface area contributed by atoms with Crippen LogP contribution >= 0.6 is 0 Å². The molecule has 86 valence electrons. The van der Waals surface area contributed by atoms with Crippen molar-refractivity contribution in [3.63, 3.8) is 0 Å². The van der Waals surface area contributed by atoms with Crippen molar-refractivity contribution in [2.24, 2.45) is 0 Å². The maximum absolute atomic E-state index is 11.7. The Bertz CT molecular complexity index is 599. The van der Waals surface area contributed by atoms with Gasteiger partial charge in [-0.3, -0.25) is 0 Å². The van der Waals surface area contributed by atoms with Gasteiger partial charge in [-0.1, -0.05) is 5.10 Å². The Morgan fingerprint density at radius 2 is 2.12 bits per heavy atom. The number of H-pyrrole nitrogens is 1. The third kappa shape index (κ3) is 2.03. The van der Waals surface area contributed by atoms with Crippen molar-refractivity contribution in [2.45, 2.75) is 18.9 Å². The lowest BCUT2D eigenvalue weighted by atomic mass is 10.8. The van der Waals surface area contributed by atoms with Gasteiger partial charge in [0.2, 0.25) is 5.89 Å². The van der Waals surface area contributed by atoms with Gasteiger partial charge >= 0.3 is 6.01 Å². The van der Waals surface area contributed by atoms with Gasteiger partial charge in [-0.2, -0.15) is 8.42 Å². The predicted molar refractivity (Wildman–Crippen MR) is 53.2 cm³/mol. The fraction of sp³-hybridized carbons (Fsp3) is 0.286. The van der Waals surface area contributed by atoms with Crippen LogP contribution in [0.4, 0.5) is 6.01 Å². The highest BCUT2D eigenvalue weighted by Crippen LogP contribution is 2.12. The molecule has 9 heteroatoms. The number of rotatable bonds is 3. The van der Waals surface area contributed by atoms with Crippen molar-refractivity contribution in [3.05, 3.63) is 17.9 Å². The van der Waals surface area contributed by atoms with Crippen LogP contribution < -0.4 is 4.72 Å². The number of aromatic nitrogens is 4. The number of anilines is 1. The van der Waals surface area contributed by atoms with Gasteiger partial charge in [-0.15, -0.1) is 5.10 Å². The molecule has 2 aromatic rings. The van der Waals surface area contributed by atoms with E-state index in [1.165, 1.54) is 6.20 Å². The molecule has 0 amide bonds. The topological polar surface area (TPSA) is 114 Å². The summed E-state index contributed by atoms with van der Waals surface area (Å²) in [4.78, 5) is 6.38. The average Bonchev–Trinajstić information content (AvgIpc) is 2.75. The Labute approximate surface area is 91.2 Å². The van der Waals surface area contributed by atoms with Gasteiger partial charge in [0, 0.05) is 6.92 Å². The van der Waals surface area contributed by atoms with E-state index in [2.05, 4.69) is 24.9 Å². The first-order valence-corrected chi connectivity index (χ1v) is 5.80. The van der Waals surface area contributed by atoms with Gasteiger partial charge in [0.1, 0.15) is 5.82 Å². The quantitative estimate of drug-likeness (QED) is 0.796. The van der Waals surface area contributed by atoms with E-state index in [1.807, 2.05) is 0 Å². The zero-order valence-corrected chi connectivity index (χ0v) is 9.37. The summed E-state index contributed by atoms with van der Waals surface area (Å²) in [6.07, 6.45) is 1.21. The Morgan fingerprint density at radius 3 is 2.62 bits per heavy atom. The van der Waals surface area contributed by atoms with Crippen LogP contribution in [0, 0.1) is 13.8 Å². The largest absolute Gasteiger partial charge is 0.408 e. The maximum Gasteiger partial charge on any atom is 0.329 e. The molecular formula is C7H9N5O3S. The fourth-order valence-corrected chi connectivity index (χ4v) is 1.94. The van der Waals surface area contributed by atoms with E-state index >= 15 is 0 Å². The van der Waals surface area contributed by atoms with Crippen molar-refractivity contribution in [2.75, 3.05) is 4.72 Å². The second-order valence-electron chi connectivity index (χ2n) is 3.06. The normalized spacial score (nSPS) is 11.6. The molecule has 0 aliphatic carbocycles. The predicted octanol–water partition coefficient (Wildman–Crippen LogP) is 0.210. The Kier molecular flexibility index (Phi) is 2.38. The molecule has 0 aliphatic rings. The fourth-order valence-electron chi connectivity index (χ4n) is 1.04. The van der Waals surface area contributed by atoms with Crippen LogP contribution in [0.5, 0.6) is 0 Å². The molecule has 2 heterocycles. The van der Waals surface area contributed by atoms with E-state index in [-0.39, 0.29) is 16.9 Å². The summed E-state index contributed by atoms with van der Waals surface area (Å²) in [5, 5.41) is 6.97. The van der Waals surface area contributed by atoms with Crippen LogP contribution in [-0.2, 0) is 10.0 Å². The summed E-state index contributed by atoms with van der Waals surface area (Å²) in [5.74, 6) is 0.778. The number of nitrogens with one attached hydrogen (secondary N) is 2. The molecule has 2 N–H and O–H groups in total. The minimum Gasteiger partial charge on any atom is -0.408 e. The molecule has 0 saturated heterocycles. The zero-order chi connectivity index (χ0) is 11.8. The van der Waals surface area contributed by atoms with E-state index in [0.29, 0.717) is 5.82 Å². The molecule has 0 bridgehead atoms. The van der Waals surface area contributed by atoms with Crippen LogP contribution in [-0.4, -0.2) is 28.6 Å². The first-order valence-electron chi connectivity index (χ1n) is 4.32. The molecule has 0 saturated carbocycles. The monoisotopic (exact) mass is 243 g/mol. The number of sulfonamides is 1. The van der Waals surface area contributed by atoms with Gasteiger partial charge in [0.05, 0.1) is 6.20 Å². The van der Waals surface area contributed by atoms with Crippen LogP contribution in [0.1, 0.15) is 11.7 Å². The molecule has 8 nitrogen and oxygen atoms in total. The van der Waals surface area contributed by atoms with Crippen LogP contribution in [0.15, 0.2) is 15.6 Å². The van der Waals surface area contributed by atoms with Crippen molar-refractivity contribution >= 4 is 16.0 Å². The second-order valence-corrected chi connectivity index (χ2v) is 4.72. The summed E-state index contributed by atoms with van der Waals surface area (Å²) in [7, 11) is -3.74. The number of aryl methyl sites for hydroxylation is 2. The van der Waals surface area contributed by atoms with E-state index in [0.717, 1.165) is 0 Å². The highest BCUT2D eigenvalue weighted by Gasteiger charge is 2.19. The van der Waals surface area contributed by atoms with E-state index in [4.69, 9.17) is 4.42 Å². The highest BCUT2D eigenvalue weighted by molar-refractivity contribution is 7.92. The molecule has 0 fully saturated rings. The minimum absolute atomic E-state index is 0.0548. The van der Waals surface area contributed by atoms with Crippen LogP contribution in [0.3, 0.4) is 0 Å². The lowest BCUT2D eigenvalue weighted by Gasteiger charge is -1.99. The molecule has 0 aromatic carbocycles. The zero-order valence-electron chi connectivity index (χ0n) is 8.55. The SMILES string of the molecule is Cc1ncc(S(=O)(=O)Nc2nnc(C)o2)[nH]1. The van der Waals surface area contributed by atoms with Gasteiger partial charge in [-0.05, 0) is 6.92 Å². The molecule has 0 aliphatic heterocycles. The summed E-state index contributed by atoms with van der Waals surface area (Å²) >= 11 is 0. The third-order valence-corrected chi connectivity index (χ3v) is 2.95.